The van der Waals surface area contributed by atoms with Gasteiger partial charge < -0.3 is 15.4 Å². The summed E-state index contributed by atoms with van der Waals surface area (Å²) >= 11 is 0. The maximum absolute atomic E-state index is 11.0. The third kappa shape index (κ3) is 3.63. The van der Waals surface area contributed by atoms with Gasteiger partial charge in [0.1, 0.15) is 0 Å². The molecule has 0 aromatic heterocycles. The first kappa shape index (κ1) is 12.7. The van der Waals surface area contributed by atoms with Crippen LogP contribution in [-0.4, -0.2) is 32.3 Å². The number of rotatable bonds is 3. The highest BCUT2D eigenvalue weighted by molar-refractivity contribution is 5.84. The van der Waals surface area contributed by atoms with Crippen LogP contribution >= 0.6 is 0 Å². The van der Waals surface area contributed by atoms with Crippen LogP contribution in [-0.2, 0) is 4.74 Å². The summed E-state index contributed by atoms with van der Waals surface area (Å²) < 4.78 is 4.53. The number of hydrogen-bond acceptors (Lipinski definition) is 4. The van der Waals surface area contributed by atoms with E-state index in [1.807, 2.05) is 24.3 Å². The van der Waals surface area contributed by atoms with Crippen LogP contribution in [0.15, 0.2) is 24.3 Å². The third-order valence-corrected chi connectivity index (χ3v) is 2.98. The smallest absolute Gasteiger partial charge is 0.411 e. The fourth-order valence-corrected chi connectivity index (χ4v) is 2.03. The predicted molar refractivity (Wildman–Crippen MR) is 72.0 cm³/mol. The molecule has 1 amide bonds. The Morgan fingerprint density at radius 3 is 2.67 bits per heavy atom. The molecule has 1 atom stereocenters. The lowest BCUT2D eigenvalue weighted by molar-refractivity contribution is 0.187. The molecular formula is C13H19N3O2. The zero-order valence-electron chi connectivity index (χ0n) is 10.5. The number of benzene rings is 1. The van der Waals surface area contributed by atoms with Crippen molar-refractivity contribution in [3.05, 3.63) is 24.3 Å². The second-order valence-electron chi connectivity index (χ2n) is 4.38. The molecule has 0 aliphatic carbocycles. The van der Waals surface area contributed by atoms with E-state index in [9.17, 15) is 4.79 Å². The summed E-state index contributed by atoms with van der Waals surface area (Å²) in [5, 5.41) is 9.45. The van der Waals surface area contributed by atoms with Crippen molar-refractivity contribution < 1.29 is 9.53 Å². The van der Waals surface area contributed by atoms with Gasteiger partial charge in [0.25, 0.3) is 0 Å². The third-order valence-electron chi connectivity index (χ3n) is 2.98. The van der Waals surface area contributed by atoms with Gasteiger partial charge in [0.15, 0.2) is 0 Å². The van der Waals surface area contributed by atoms with Crippen LogP contribution in [0.25, 0.3) is 0 Å². The molecule has 0 radical (unpaired) electrons. The summed E-state index contributed by atoms with van der Waals surface area (Å²) in [6.45, 7) is 2.11. The standard InChI is InChI=1S/C13H19N3O2/c1-18-13(17)16-11-6-4-10(5-7-11)15-12-3-2-8-14-9-12/h4-7,12,14-15H,2-3,8-9H2,1H3,(H,16,17). The first-order valence-corrected chi connectivity index (χ1v) is 6.20. The highest BCUT2D eigenvalue weighted by Crippen LogP contribution is 2.16. The Hall–Kier alpha value is -1.75. The molecule has 1 aromatic carbocycles. The van der Waals surface area contributed by atoms with Crippen molar-refractivity contribution in [3.63, 3.8) is 0 Å². The average Bonchev–Trinajstić information content (AvgIpc) is 2.42. The zero-order valence-corrected chi connectivity index (χ0v) is 10.5. The quantitative estimate of drug-likeness (QED) is 0.767. The van der Waals surface area contributed by atoms with Gasteiger partial charge in [-0.25, -0.2) is 4.79 Å². The number of nitrogens with one attached hydrogen (secondary N) is 3. The number of methoxy groups -OCH3 is 1. The van der Waals surface area contributed by atoms with Crippen LogP contribution < -0.4 is 16.0 Å². The summed E-state index contributed by atoms with van der Waals surface area (Å²) in [6, 6.07) is 8.11. The maximum atomic E-state index is 11.0. The molecule has 1 aliphatic heterocycles. The first-order chi connectivity index (χ1) is 8.78. The monoisotopic (exact) mass is 249 g/mol. The number of anilines is 2. The average molecular weight is 249 g/mol. The number of ether oxygens (including phenoxy) is 1. The molecule has 5 nitrogen and oxygen atoms in total. The van der Waals surface area contributed by atoms with E-state index >= 15 is 0 Å². The minimum atomic E-state index is -0.452. The van der Waals surface area contributed by atoms with E-state index in [1.54, 1.807) is 0 Å². The zero-order chi connectivity index (χ0) is 12.8. The highest BCUT2D eigenvalue weighted by Gasteiger charge is 2.12. The van der Waals surface area contributed by atoms with E-state index in [4.69, 9.17) is 0 Å². The SMILES string of the molecule is COC(=O)Nc1ccc(NC2CCCNC2)cc1. The molecular weight excluding hydrogens is 230 g/mol. The summed E-state index contributed by atoms with van der Waals surface area (Å²) in [4.78, 5) is 11.0. The van der Waals surface area contributed by atoms with Gasteiger partial charge in [0, 0.05) is 24.0 Å². The number of amides is 1. The van der Waals surface area contributed by atoms with E-state index < -0.39 is 6.09 Å². The Balaban J connectivity index is 1.88. The van der Waals surface area contributed by atoms with Crippen molar-refractivity contribution in [2.45, 2.75) is 18.9 Å². The molecule has 18 heavy (non-hydrogen) atoms. The molecule has 0 bridgehead atoms. The fourth-order valence-electron chi connectivity index (χ4n) is 2.03. The van der Waals surface area contributed by atoms with Gasteiger partial charge in [-0.05, 0) is 43.7 Å². The van der Waals surface area contributed by atoms with E-state index in [1.165, 1.54) is 20.0 Å². The van der Waals surface area contributed by atoms with E-state index in [0.717, 1.165) is 24.5 Å². The van der Waals surface area contributed by atoms with Crippen LogP contribution in [0.2, 0.25) is 0 Å². The largest absolute Gasteiger partial charge is 0.453 e. The van der Waals surface area contributed by atoms with Crippen molar-refractivity contribution in [3.8, 4) is 0 Å². The molecule has 1 aliphatic rings. The van der Waals surface area contributed by atoms with Crippen molar-refractivity contribution in [1.29, 1.82) is 0 Å². The van der Waals surface area contributed by atoms with Gasteiger partial charge in [0.2, 0.25) is 0 Å². The number of carbonyl (C=O) groups is 1. The number of hydrogen-bond donors (Lipinski definition) is 3. The van der Waals surface area contributed by atoms with Crippen LogP contribution in [0.1, 0.15) is 12.8 Å². The fraction of sp³-hybridized carbons (Fsp3) is 0.462. The summed E-state index contributed by atoms with van der Waals surface area (Å²) in [5.74, 6) is 0. The lowest BCUT2D eigenvalue weighted by Gasteiger charge is -2.24. The maximum Gasteiger partial charge on any atom is 0.411 e. The summed E-state index contributed by atoms with van der Waals surface area (Å²) in [5.41, 5.74) is 1.80. The molecule has 3 N–H and O–H groups in total. The van der Waals surface area contributed by atoms with Crippen molar-refractivity contribution in [2.75, 3.05) is 30.8 Å². The molecule has 5 heteroatoms. The second kappa shape index (κ2) is 6.26. The molecule has 0 saturated carbocycles. The normalized spacial score (nSPS) is 19.1. The minimum Gasteiger partial charge on any atom is -0.453 e. The molecule has 0 spiro atoms. The number of piperidine rings is 1. The van der Waals surface area contributed by atoms with Crippen LogP contribution in [0.4, 0.5) is 16.2 Å². The molecule has 1 saturated heterocycles. The van der Waals surface area contributed by atoms with Crippen molar-refractivity contribution >= 4 is 17.5 Å². The van der Waals surface area contributed by atoms with Crippen LogP contribution in [0.3, 0.4) is 0 Å². The van der Waals surface area contributed by atoms with E-state index in [-0.39, 0.29) is 0 Å². The molecule has 1 unspecified atom stereocenters. The Bertz CT molecular complexity index is 386. The summed E-state index contributed by atoms with van der Waals surface area (Å²) in [7, 11) is 1.35. The number of carbonyl (C=O) groups excluding carboxylic acids is 1. The Morgan fingerprint density at radius 1 is 1.33 bits per heavy atom. The van der Waals surface area contributed by atoms with Gasteiger partial charge in [-0.3, -0.25) is 5.32 Å². The summed E-state index contributed by atoms with van der Waals surface area (Å²) in [6.07, 6.45) is 1.95. The molecule has 98 valence electrons. The van der Waals surface area contributed by atoms with E-state index in [0.29, 0.717) is 6.04 Å². The van der Waals surface area contributed by atoms with Gasteiger partial charge in [-0.2, -0.15) is 0 Å². The first-order valence-electron chi connectivity index (χ1n) is 6.20. The van der Waals surface area contributed by atoms with Gasteiger partial charge in [-0.15, -0.1) is 0 Å². The predicted octanol–water partition coefficient (Wildman–Crippen LogP) is 2.03. The molecule has 2 rings (SSSR count). The van der Waals surface area contributed by atoms with Gasteiger partial charge in [-0.1, -0.05) is 0 Å². The molecule has 1 fully saturated rings. The Morgan fingerprint density at radius 2 is 2.06 bits per heavy atom. The molecule has 1 heterocycles. The lowest BCUT2D eigenvalue weighted by Crippen LogP contribution is -2.38. The van der Waals surface area contributed by atoms with Gasteiger partial charge in [0.05, 0.1) is 7.11 Å². The van der Waals surface area contributed by atoms with Crippen LogP contribution in [0, 0.1) is 0 Å². The van der Waals surface area contributed by atoms with Crippen LogP contribution in [0.5, 0.6) is 0 Å². The van der Waals surface area contributed by atoms with Crippen molar-refractivity contribution in [2.24, 2.45) is 0 Å². The highest BCUT2D eigenvalue weighted by atomic mass is 16.5. The topological polar surface area (TPSA) is 62.4 Å². The Kier molecular flexibility index (Phi) is 4.41. The Labute approximate surface area is 107 Å². The van der Waals surface area contributed by atoms with Crippen molar-refractivity contribution in [1.82, 2.24) is 5.32 Å². The molecule has 1 aromatic rings. The lowest BCUT2D eigenvalue weighted by atomic mass is 10.1. The second-order valence-corrected chi connectivity index (χ2v) is 4.38. The van der Waals surface area contributed by atoms with Gasteiger partial charge >= 0.3 is 6.09 Å². The minimum absolute atomic E-state index is 0.452. The van der Waals surface area contributed by atoms with E-state index in [2.05, 4.69) is 20.7 Å².